The summed E-state index contributed by atoms with van der Waals surface area (Å²) >= 11 is 0. The molecule has 3 aromatic rings. The molecule has 1 atom stereocenters. The summed E-state index contributed by atoms with van der Waals surface area (Å²) in [5, 5.41) is 17.8. The highest BCUT2D eigenvalue weighted by molar-refractivity contribution is 5.89. The molecule has 2 N–H and O–H groups in total. The van der Waals surface area contributed by atoms with Gasteiger partial charge >= 0.3 is 5.97 Å². The molecule has 182 valence electrons. The highest BCUT2D eigenvalue weighted by atomic mass is 16.5. The minimum absolute atomic E-state index is 0.170. The number of allylic oxidation sites excluding steroid dienone is 4. The molecule has 8 nitrogen and oxygen atoms in total. The quantitative estimate of drug-likeness (QED) is 0.500. The molecule has 8 heteroatoms. The van der Waals surface area contributed by atoms with E-state index in [0.29, 0.717) is 28.3 Å². The van der Waals surface area contributed by atoms with Gasteiger partial charge in [0, 0.05) is 35.5 Å². The van der Waals surface area contributed by atoms with Crippen LogP contribution in [-0.2, 0) is 14.3 Å². The number of rotatable bonds is 6. The molecule has 2 heterocycles. The monoisotopic (exact) mass is 474 g/mol. The maximum Gasteiger partial charge on any atom is 0.337 e. The minimum atomic E-state index is -1.25. The van der Waals surface area contributed by atoms with E-state index in [9.17, 15) is 14.7 Å². The zero-order valence-corrected chi connectivity index (χ0v) is 20.6. The Labute approximate surface area is 204 Å². The molecule has 2 aromatic heterocycles. The summed E-state index contributed by atoms with van der Waals surface area (Å²) in [6, 6.07) is 9.16. The second-order valence-corrected chi connectivity index (χ2v) is 9.62. The van der Waals surface area contributed by atoms with Crippen LogP contribution in [0.1, 0.15) is 63.6 Å². The predicted molar refractivity (Wildman–Crippen MR) is 135 cm³/mol. The maximum atomic E-state index is 12.4. The number of aryl methyl sites for hydroxylation is 1. The number of aromatic nitrogens is 3. The molecular formula is C27H30N4O4. The molecule has 1 amide bonds. The molecular weight excluding hydrogens is 444 g/mol. The highest BCUT2D eigenvalue weighted by Gasteiger charge is 2.33. The third-order valence-corrected chi connectivity index (χ3v) is 5.61. The van der Waals surface area contributed by atoms with E-state index in [0.717, 1.165) is 29.7 Å². The van der Waals surface area contributed by atoms with Crippen molar-refractivity contribution in [2.45, 2.75) is 59.2 Å². The van der Waals surface area contributed by atoms with Crippen LogP contribution in [-0.4, -0.2) is 37.2 Å². The van der Waals surface area contributed by atoms with E-state index in [2.05, 4.69) is 11.4 Å². The molecule has 1 unspecified atom stereocenters. The van der Waals surface area contributed by atoms with Crippen molar-refractivity contribution in [3.05, 3.63) is 65.5 Å². The van der Waals surface area contributed by atoms with Crippen LogP contribution in [0.4, 0.5) is 5.69 Å². The molecule has 1 aliphatic carbocycles. The van der Waals surface area contributed by atoms with Gasteiger partial charge in [0.1, 0.15) is 0 Å². The van der Waals surface area contributed by atoms with E-state index in [1.807, 2.05) is 51.1 Å². The van der Waals surface area contributed by atoms with Gasteiger partial charge in [0.2, 0.25) is 5.91 Å². The Morgan fingerprint density at radius 3 is 2.49 bits per heavy atom. The first kappa shape index (κ1) is 24.3. The highest BCUT2D eigenvalue weighted by Crippen LogP contribution is 2.36. The van der Waals surface area contributed by atoms with Crippen molar-refractivity contribution < 1.29 is 19.4 Å². The number of anilines is 1. The first-order chi connectivity index (χ1) is 16.5. The number of carboxylic acids is 1. The Morgan fingerprint density at radius 1 is 1.20 bits per heavy atom. The molecule has 0 saturated carbocycles. The number of nitrogens with one attached hydrogen (secondary N) is 1. The van der Waals surface area contributed by atoms with Crippen LogP contribution < -0.4 is 5.32 Å². The summed E-state index contributed by atoms with van der Waals surface area (Å²) in [6.45, 7) is 8.70. The van der Waals surface area contributed by atoms with Crippen molar-refractivity contribution in [3.8, 4) is 11.3 Å². The summed E-state index contributed by atoms with van der Waals surface area (Å²) in [5.74, 6) is -1.27. The van der Waals surface area contributed by atoms with E-state index in [1.54, 1.807) is 23.6 Å². The van der Waals surface area contributed by atoms with Gasteiger partial charge in [0.15, 0.2) is 11.8 Å². The normalized spacial score (nSPS) is 14.6. The Morgan fingerprint density at radius 2 is 1.91 bits per heavy atom. The molecule has 1 aliphatic rings. The van der Waals surface area contributed by atoms with Crippen molar-refractivity contribution in [2.24, 2.45) is 0 Å². The SMILES string of the molecule is CC(=O)Nc1ccc(-c2c(C(OC(C)(C)C)C(=O)O)c(C)nc3cc(C4=CC=CCC4)nn23)cc1. The van der Waals surface area contributed by atoms with Crippen LogP contribution in [0.2, 0.25) is 0 Å². The molecule has 0 saturated heterocycles. The molecule has 0 radical (unpaired) electrons. The first-order valence-corrected chi connectivity index (χ1v) is 11.6. The number of carbonyl (C=O) groups is 2. The van der Waals surface area contributed by atoms with Crippen LogP contribution in [0.5, 0.6) is 0 Å². The first-order valence-electron chi connectivity index (χ1n) is 11.6. The third kappa shape index (κ3) is 5.33. The van der Waals surface area contributed by atoms with Crippen molar-refractivity contribution >= 4 is 28.8 Å². The Bertz CT molecular complexity index is 1340. The molecule has 0 aliphatic heterocycles. The van der Waals surface area contributed by atoms with Crippen molar-refractivity contribution in [3.63, 3.8) is 0 Å². The van der Waals surface area contributed by atoms with E-state index in [1.165, 1.54) is 6.92 Å². The van der Waals surface area contributed by atoms with Crippen LogP contribution in [0.25, 0.3) is 22.5 Å². The predicted octanol–water partition coefficient (Wildman–Crippen LogP) is 5.34. The Hall–Kier alpha value is -3.78. The number of amides is 1. The van der Waals surface area contributed by atoms with E-state index < -0.39 is 17.7 Å². The number of hydrogen-bond donors (Lipinski definition) is 2. The van der Waals surface area contributed by atoms with E-state index in [4.69, 9.17) is 14.8 Å². The topological polar surface area (TPSA) is 106 Å². The summed E-state index contributed by atoms with van der Waals surface area (Å²) < 4.78 is 7.72. The fraction of sp³-hybridized carbons (Fsp3) is 0.333. The van der Waals surface area contributed by atoms with Crippen LogP contribution in [0.15, 0.2) is 48.6 Å². The molecule has 0 fully saturated rings. The number of benzene rings is 1. The summed E-state index contributed by atoms with van der Waals surface area (Å²) in [4.78, 5) is 28.6. The van der Waals surface area contributed by atoms with E-state index in [-0.39, 0.29) is 5.91 Å². The van der Waals surface area contributed by atoms with Crippen LogP contribution in [0, 0.1) is 6.92 Å². The molecule has 4 rings (SSSR count). The lowest BCUT2D eigenvalue weighted by Crippen LogP contribution is -2.29. The molecule has 0 bridgehead atoms. The maximum absolute atomic E-state index is 12.4. The number of aliphatic carboxylic acids is 1. The second kappa shape index (κ2) is 9.46. The van der Waals surface area contributed by atoms with Gasteiger partial charge in [-0.25, -0.2) is 14.3 Å². The van der Waals surface area contributed by atoms with Crippen LogP contribution in [0.3, 0.4) is 0 Å². The Kier molecular flexibility index (Phi) is 6.58. The molecule has 1 aromatic carbocycles. The van der Waals surface area contributed by atoms with E-state index >= 15 is 0 Å². The Balaban J connectivity index is 1.97. The fourth-order valence-corrected chi connectivity index (χ4v) is 4.20. The summed E-state index contributed by atoms with van der Waals surface area (Å²) in [5.41, 5.74) is 4.80. The zero-order valence-electron chi connectivity index (χ0n) is 20.6. The number of fused-ring (bicyclic) bond motifs is 1. The number of ether oxygens (including phenoxy) is 1. The smallest absolute Gasteiger partial charge is 0.337 e. The largest absolute Gasteiger partial charge is 0.479 e. The standard InChI is InChI=1S/C27H30N4O4/c1-16-23(25(26(33)34)35-27(3,4)5)24(19-11-13-20(14-12-19)29-17(2)32)31-22(28-16)15-21(30-31)18-9-7-6-8-10-18/h6-7,9,11-15,25H,8,10H2,1-5H3,(H,29,32)(H,33,34). The molecule has 35 heavy (non-hydrogen) atoms. The third-order valence-electron chi connectivity index (χ3n) is 5.61. The van der Waals surface area contributed by atoms with Crippen LogP contribution >= 0.6 is 0 Å². The van der Waals surface area contributed by atoms with Gasteiger partial charge in [-0.2, -0.15) is 5.10 Å². The lowest BCUT2D eigenvalue weighted by Gasteiger charge is -2.27. The average molecular weight is 475 g/mol. The fourth-order valence-electron chi connectivity index (χ4n) is 4.20. The number of nitrogens with zero attached hydrogens (tertiary/aromatic N) is 3. The minimum Gasteiger partial charge on any atom is -0.479 e. The lowest BCUT2D eigenvalue weighted by atomic mass is 9.98. The van der Waals surface area contributed by atoms with Gasteiger partial charge in [-0.3, -0.25) is 4.79 Å². The average Bonchev–Trinajstić information content (AvgIpc) is 3.20. The lowest BCUT2D eigenvalue weighted by molar-refractivity contribution is -0.160. The van der Waals surface area contributed by atoms with Gasteiger partial charge in [0.05, 0.1) is 17.0 Å². The summed E-state index contributed by atoms with van der Waals surface area (Å²) in [6.07, 6.45) is 6.74. The molecule has 0 spiro atoms. The summed E-state index contributed by atoms with van der Waals surface area (Å²) in [7, 11) is 0. The zero-order chi connectivity index (χ0) is 25.3. The number of carboxylic acid groups (broad SMARTS) is 1. The van der Waals surface area contributed by atoms with Gasteiger partial charge in [-0.1, -0.05) is 30.4 Å². The van der Waals surface area contributed by atoms with Crippen molar-refractivity contribution in [2.75, 3.05) is 5.32 Å². The van der Waals surface area contributed by atoms with Gasteiger partial charge in [0.25, 0.3) is 0 Å². The van der Waals surface area contributed by atoms with Gasteiger partial charge in [-0.05, 0) is 58.2 Å². The number of hydrogen-bond acceptors (Lipinski definition) is 5. The van der Waals surface area contributed by atoms with Gasteiger partial charge < -0.3 is 15.2 Å². The number of carbonyl (C=O) groups excluding carboxylic acids is 1. The van der Waals surface area contributed by atoms with Gasteiger partial charge in [-0.15, -0.1) is 0 Å². The van der Waals surface area contributed by atoms with Crippen molar-refractivity contribution in [1.82, 2.24) is 14.6 Å². The second-order valence-electron chi connectivity index (χ2n) is 9.62. The van der Waals surface area contributed by atoms with Crippen molar-refractivity contribution in [1.29, 1.82) is 0 Å².